The number of hydrogen-bond acceptors (Lipinski definition) is 11. The molecule has 6 aromatic carbocycles. The topological polar surface area (TPSA) is 147 Å². The summed E-state index contributed by atoms with van der Waals surface area (Å²) in [5.74, 6) is -0.499. The smallest absolute Gasteiger partial charge is 0.343 e. The Labute approximate surface area is 437 Å². The Morgan fingerprint density at radius 2 is 0.676 bits per heavy atom. The van der Waals surface area contributed by atoms with Gasteiger partial charge in [0, 0.05) is 5.39 Å². The Bertz CT molecular complexity index is 2720. The van der Waals surface area contributed by atoms with Crippen LogP contribution in [0.4, 0.5) is 0 Å². The highest BCUT2D eigenvalue weighted by molar-refractivity contribution is 5.97. The van der Waals surface area contributed by atoms with Gasteiger partial charge in [-0.3, -0.25) is 0 Å². The molecular weight excluding hydrogens is 931 g/mol. The van der Waals surface area contributed by atoms with Crippen molar-refractivity contribution in [1.82, 2.24) is 0 Å². The number of nitrogens with zero attached hydrogens (tertiary/aromatic N) is 1. The van der Waals surface area contributed by atoms with Crippen molar-refractivity contribution >= 4 is 34.6 Å². The van der Waals surface area contributed by atoms with Crippen molar-refractivity contribution in [2.45, 2.75) is 142 Å². The summed E-state index contributed by atoms with van der Waals surface area (Å²) < 4.78 is 34.2. The van der Waals surface area contributed by atoms with E-state index in [0.717, 1.165) is 25.7 Å². The van der Waals surface area contributed by atoms with Gasteiger partial charge in [0.25, 0.3) is 0 Å². The van der Waals surface area contributed by atoms with E-state index in [1.54, 1.807) is 66.7 Å². The quantitative estimate of drug-likeness (QED) is 0.0226. The Morgan fingerprint density at radius 1 is 0.365 bits per heavy atom. The molecule has 6 aromatic rings. The molecule has 0 aromatic heterocycles. The van der Waals surface area contributed by atoms with Crippen LogP contribution in [-0.2, 0) is 0 Å². The summed E-state index contributed by atoms with van der Waals surface area (Å²) in [6.45, 7) is 5.74. The van der Waals surface area contributed by atoms with Crippen LogP contribution in [0.5, 0.6) is 34.5 Å². The number of benzene rings is 6. The van der Waals surface area contributed by atoms with E-state index in [1.165, 1.54) is 163 Å². The molecule has 0 spiro atoms. The lowest BCUT2D eigenvalue weighted by molar-refractivity contribution is 0.0720. The van der Waals surface area contributed by atoms with Crippen molar-refractivity contribution in [1.29, 1.82) is 5.26 Å². The van der Waals surface area contributed by atoms with Crippen molar-refractivity contribution in [2.24, 2.45) is 0 Å². The molecule has 0 heterocycles. The van der Waals surface area contributed by atoms with E-state index in [-0.39, 0.29) is 39.7 Å². The Hall–Kier alpha value is -7.45. The predicted molar refractivity (Wildman–Crippen MR) is 289 cm³/mol. The second-order valence-corrected chi connectivity index (χ2v) is 18.6. The highest BCUT2D eigenvalue weighted by atomic mass is 16.5. The summed E-state index contributed by atoms with van der Waals surface area (Å²) in [6, 6.07) is 35.6. The maximum Gasteiger partial charge on any atom is 0.343 e. The molecule has 0 saturated carbocycles. The van der Waals surface area contributed by atoms with Gasteiger partial charge in [-0.05, 0) is 133 Å². The fraction of sp³-hybridized carbons (Fsp3) is 0.381. The number of carbonyl (C=O) groups is 4. The predicted octanol–water partition coefficient (Wildman–Crippen LogP) is 16.2. The molecule has 0 saturated heterocycles. The van der Waals surface area contributed by atoms with Crippen LogP contribution in [0.25, 0.3) is 10.8 Å². The van der Waals surface area contributed by atoms with Crippen molar-refractivity contribution in [3.63, 3.8) is 0 Å². The standard InChI is InChI=1S/C63H71NO10/c1-3-5-7-9-11-13-15-17-19-21-43-69-52-33-24-48(25-34-52)60(65)71-54-37-28-50(29-38-54)62(67)73-56-41-23-47-32-42-59(58(46-64)57(47)45-56)74-63(68)51-30-39-55(40-31-51)72-61(66)49-26-35-53(36-27-49)70-44-22-20-18-16-14-12-10-8-6-4-2/h23-42,45H,3-22,43-44H2,1-2H3. The third-order valence-electron chi connectivity index (χ3n) is 12.8. The molecule has 0 amide bonds. The first-order chi connectivity index (χ1) is 36.2. The van der Waals surface area contributed by atoms with Crippen molar-refractivity contribution in [2.75, 3.05) is 13.2 Å². The molecule has 6 rings (SSSR count). The minimum atomic E-state index is -0.735. The number of esters is 4. The summed E-state index contributed by atoms with van der Waals surface area (Å²) in [5.41, 5.74) is 1.14. The first kappa shape index (κ1) is 55.9. The first-order valence-electron chi connectivity index (χ1n) is 26.8. The van der Waals surface area contributed by atoms with Gasteiger partial charge in [-0.2, -0.15) is 5.26 Å². The average molecular weight is 1000 g/mol. The molecular formula is C63H71NO10. The van der Waals surface area contributed by atoms with E-state index in [4.69, 9.17) is 28.4 Å². The van der Waals surface area contributed by atoms with Crippen LogP contribution in [0, 0.1) is 11.3 Å². The summed E-state index contributed by atoms with van der Waals surface area (Å²) in [4.78, 5) is 52.3. The van der Waals surface area contributed by atoms with E-state index in [2.05, 4.69) is 19.9 Å². The number of hydrogen-bond donors (Lipinski definition) is 0. The molecule has 0 radical (unpaired) electrons. The molecule has 0 bridgehead atoms. The zero-order valence-electron chi connectivity index (χ0n) is 43.2. The lowest BCUT2D eigenvalue weighted by Crippen LogP contribution is -2.11. The molecule has 0 aliphatic heterocycles. The van der Waals surface area contributed by atoms with Gasteiger partial charge < -0.3 is 28.4 Å². The minimum Gasteiger partial charge on any atom is -0.494 e. The van der Waals surface area contributed by atoms with Gasteiger partial charge in [-0.15, -0.1) is 0 Å². The number of ether oxygens (including phenoxy) is 6. The van der Waals surface area contributed by atoms with E-state index >= 15 is 0 Å². The van der Waals surface area contributed by atoms with Crippen molar-refractivity contribution < 1.29 is 47.6 Å². The number of rotatable bonds is 32. The van der Waals surface area contributed by atoms with E-state index < -0.39 is 23.9 Å². The number of unbranched alkanes of at least 4 members (excludes halogenated alkanes) is 18. The maximum absolute atomic E-state index is 13.3. The van der Waals surface area contributed by atoms with Gasteiger partial charge in [-0.25, -0.2) is 19.2 Å². The molecule has 0 unspecified atom stereocenters. The zero-order valence-corrected chi connectivity index (χ0v) is 43.2. The highest BCUT2D eigenvalue weighted by Gasteiger charge is 2.18. The van der Waals surface area contributed by atoms with Gasteiger partial charge in [0.2, 0.25) is 0 Å². The maximum atomic E-state index is 13.3. The first-order valence-corrected chi connectivity index (χ1v) is 26.8. The Kier molecular flexibility index (Phi) is 23.6. The fourth-order valence-electron chi connectivity index (χ4n) is 8.45. The van der Waals surface area contributed by atoms with Gasteiger partial charge in [0.05, 0.1) is 35.5 Å². The second kappa shape index (κ2) is 31.2. The molecule has 11 nitrogen and oxygen atoms in total. The SMILES string of the molecule is CCCCCCCCCCCCOc1ccc(C(=O)Oc2ccc(C(=O)Oc3ccc4ccc(OC(=O)c5ccc(OC(=O)c6ccc(OCCCCCCCCCCCC)cc6)cc5)c(C#N)c4c3)cc2)cc1. The summed E-state index contributed by atoms with van der Waals surface area (Å²) >= 11 is 0. The van der Waals surface area contributed by atoms with Crippen LogP contribution in [0.1, 0.15) is 189 Å². The average Bonchev–Trinajstić information content (AvgIpc) is 3.42. The van der Waals surface area contributed by atoms with Gasteiger partial charge in [-0.1, -0.05) is 142 Å². The van der Waals surface area contributed by atoms with Crippen molar-refractivity contribution in [3.8, 4) is 40.6 Å². The van der Waals surface area contributed by atoms with Crippen LogP contribution in [0.2, 0.25) is 0 Å². The Morgan fingerprint density at radius 3 is 1.05 bits per heavy atom. The lowest BCUT2D eigenvalue weighted by Gasteiger charge is -2.11. The van der Waals surface area contributed by atoms with Crippen LogP contribution in [0.3, 0.4) is 0 Å². The monoisotopic (exact) mass is 1000 g/mol. The fourth-order valence-corrected chi connectivity index (χ4v) is 8.45. The molecule has 0 atom stereocenters. The van der Waals surface area contributed by atoms with Crippen LogP contribution >= 0.6 is 0 Å². The number of fused-ring (bicyclic) bond motifs is 1. The van der Waals surface area contributed by atoms with Crippen LogP contribution in [-0.4, -0.2) is 37.1 Å². The molecule has 0 N–H and O–H groups in total. The van der Waals surface area contributed by atoms with Gasteiger partial charge in [0.1, 0.15) is 46.1 Å². The lowest BCUT2D eigenvalue weighted by atomic mass is 10.0. The molecule has 0 fully saturated rings. The minimum absolute atomic E-state index is 0.00824. The summed E-state index contributed by atoms with van der Waals surface area (Å²) in [6.07, 6.45) is 25.1. The molecule has 0 aliphatic carbocycles. The third kappa shape index (κ3) is 18.5. The number of carbonyl (C=O) groups excluding carboxylic acids is 4. The normalized spacial score (nSPS) is 10.9. The highest BCUT2D eigenvalue weighted by Crippen LogP contribution is 2.32. The van der Waals surface area contributed by atoms with Crippen LogP contribution < -0.4 is 28.4 Å². The second-order valence-electron chi connectivity index (χ2n) is 18.6. The largest absolute Gasteiger partial charge is 0.494 e. The van der Waals surface area contributed by atoms with Gasteiger partial charge >= 0.3 is 23.9 Å². The summed E-state index contributed by atoms with van der Waals surface area (Å²) in [5, 5.41) is 11.2. The van der Waals surface area contributed by atoms with E-state index in [1.807, 2.05) is 0 Å². The summed E-state index contributed by atoms with van der Waals surface area (Å²) in [7, 11) is 0. The molecule has 388 valence electrons. The third-order valence-corrected chi connectivity index (χ3v) is 12.8. The van der Waals surface area contributed by atoms with Crippen molar-refractivity contribution in [3.05, 3.63) is 155 Å². The molecule has 0 aliphatic rings. The van der Waals surface area contributed by atoms with E-state index in [0.29, 0.717) is 46.6 Å². The van der Waals surface area contributed by atoms with Crippen LogP contribution in [0.15, 0.2) is 127 Å². The zero-order chi connectivity index (χ0) is 52.2. The molecule has 74 heavy (non-hydrogen) atoms. The number of nitriles is 1. The Balaban J connectivity index is 0.924. The van der Waals surface area contributed by atoms with Gasteiger partial charge in [0.15, 0.2) is 0 Å². The van der Waals surface area contributed by atoms with E-state index in [9.17, 15) is 24.4 Å². The molecule has 11 heteroatoms.